The highest BCUT2D eigenvalue weighted by molar-refractivity contribution is 5.83. The van der Waals surface area contributed by atoms with Gasteiger partial charge in [-0.1, -0.05) is 26.0 Å². The molecule has 0 rings (SSSR count). The molecule has 0 aromatic carbocycles. The van der Waals surface area contributed by atoms with Crippen LogP contribution >= 0.6 is 0 Å². The van der Waals surface area contributed by atoms with E-state index in [0.717, 1.165) is 12.0 Å². The fourth-order valence-electron chi connectivity index (χ4n) is 0.944. The maximum absolute atomic E-state index is 11.0. The molecule has 0 aromatic rings. The first-order chi connectivity index (χ1) is 6.56. The second kappa shape index (κ2) is 7.36. The molecule has 0 bridgehead atoms. The number of esters is 1. The van der Waals surface area contributed by atoms with E-state index < -0.39 is 0 Å². The van der Waals surface area contributed by atoms with Crippen LogP contribution in [0.5, 0.6) is 0 Å². The Bertz CT molecular complexity index is 224. The molecule has 0 aromatic heterocycles. The van der Waals surface area contributed by atoms with E-state index in [1.165, 1.54) is 6.08 Å². The van der Waals surface area contributed by atoms with Gasteiger partial charge in [0.25, 0.3) is 0 Å². The Morgan fingerprint density at radius 1 is 1.43 bits per heavy atom. The van der Waals surface area contributed by atoms with Crippen LogP contribution in [0.15, 0.2) is 23.8 Å². The largest absolute Gasteiger partial charge is 0.463 e. The number of allylic oxidation sites excluding steroid dienone is 3. The second-order valence-corrected chi connectivity index (χ2v) is 3.67. The van der Waals surface area contributed by atoms with Crippen LogP contribution < -0.4 is 0 Å². The van der Waals surface area contributed by atoms with Gasteiger partial charge in [0.05, 0.1) is 6.61 Å². The molecule has 0 aliphatic rings. The number of rotatable bonds is 5. The summed E-state index contributed by atoms with van der Waals surface area (Å²) < 4.78 is 4.79. The Hall–Kier alpha value is -1.05. The number of carbonyl (C=O) groups is 1. The van der Waals surface area contributed by atoms with Crippen LogP contribution in [-0.4, -0.2) is 12.6 Å². The summed E-state index contributed by atoms with van der Waals surface area (Å²) in [6, 6.07) is 0. The molecule has 0 radical (unpaired) electrons. The molecule has 2 nitrogen and oxygen atoms in total. The molecule has 2 heteroatoms. The minimum absolute atomic E-state index is 0.265. The molecule has 0 atom stereocenters. The van der Waals surface area contributed by atoms with E-state index in [9.17, 15) is 4.79 Å². The van der Waals surface area contributed by atoms with Crippen LogP contribution in [-0.2, 0) is 9.53 Å². The van der Waals surface area contributed by atoms with E-state index in [2.05, 4.69) is 19.9 Å². The first-order valence-corrected chi connectivity index (χ1v) is 5.07. The Labute approximate surface area is 86.6 Å². The highest BCUT2D eigenvalue weighted by Crippen LogP contribution is 2.03. The summed E-state index contributed by atoms with van der Waals surface area (Å²) in [7, 11) is 0. The standard InChI is InChI=1S/C12H20O2/c1-5-14-12(13)9-11(4)8-6-7-10(2)3/h6,8-10H,5,7H2,1-4H3. The summed E-state index contributed by atoms with van der Waals surface area (Å²) in [4.78, 5) is 11.0. The van der Waals surface area contributed by atoms with Gasteiger partial charge in [0.2, 0.25) is 0 Å². The van der Waals surface area contributed by atoms with Gasteiger partial charge >= 0.3 is 5.97 Å². The van der Waals surface area contributed by atoms with Crippen molar-refractivity contribution in [3.8, 4) is 0 Å². The van der Waals surface area contributed by atoms with Gasteiger partial charge in [-0.3, -0.25) is 0 Å². The first kappa shape index (κ1) is 12.9. The van der Waals surface area contributed by atoms with Crippen molar-refractivity contribution in [2.45, 2.75) is 34.1 Å². The number of hydrogen-bond donors (Lipinski definition) is 0. The molecule has 0 aliphatic carbocycles. The van der Waals surface area contributed by atoms with Crippen LogP contribution in [0, 0.1) is 5.92 Å². The Morgan fingerprint density at radius 2 is 2.07 bits per heavy atom. The zero-order valence-corrected chi connectivity index (χ0v) is 9.54. The van der Waals surface area contributed by atoms with E-state index >= 15 is 0 Å². The van der Waals surface area contributed by atoms with Crippen LogP contribution in [0.4, 0.5) is 0 Å². The number of ether oxygens (including phenoxy) is 1. The van der Waals surface area contributed by atoms with Crippen molar-refractivity contribution in [2.75, 3.05) is 6.61 Å². The summed E-state index contributed by atoms with van der Waals surface area (Å²) in [6.45, 7) is 8.45. The lowest BCUT2D eigenvalue weighted by Crippen LogP contribution is -1.99. The molecular formula is C12H20O2. The third kappa shape index (κ3) is 7.59. The minimum atomic E-state index is -0.265. The van der Waals surface area contributed by atoms with Crippen molar-refractivity contribution in [1.29, 1.82) is 0 Å². The van der Waals surface area contributed by atoms with Gasteiger partial charge in [-0.05, 0) is 31.8 Å². The topological polar surface area (TPSA) is 26.3 Å². The van der Waals surface area contributed by atoms with Crippen LogP contribution in [0.3, 0.4) is 0 Å². The molecule has 0 N–H and O–H groups in total. The van der Waals surface area contributed by atoms with E-state index in [1.807, 2.05) is 13.0 Å². The van der Waals surface area contributed by atoms with Gasteiger partial charge < -0.3 is 4.74 Å². The monoisotopic (exact) mass is 196 g/mol. The SMILES string of the molecule is CCOC(=O)C=C(C)C=CCC(C)C. The van der Waals surface area contributed by atoms with Crippen molar-refractivity contribution < 1.29 is 9.53 Å². The van der Waals surface area contributed by atoms with Crippen LogP contribution in [0.1, 0.15) is 34.1 Å². The Kier molecular flexibility index (Phi) is 6.81. The Balaban J connectivity index is 3.99. The molecule has 14 heavy (non-hydrogen) atoms. The molecule has 0 spiro atoms. The zero-order valence-electron chi connectivity index (χ0n) is 9.54. The van der Waals surface area contributed by atoms with Gasteiger partial charge in [-0.25, -0.2) is 4.79 Å². The van der Waals surface area contributed by atoms with Crippen LogP contribution in [0.2, 0.25) is 0 Å². The summed E-state index contributed by atoms with van der Waals surface area (Å²) in [5, 5.41) is 0. The summed E-state index contributed by atoms with van der Waals surface area (Å²) in [6.07, 6.45) is 6.58. The van der Waals surface area contributed by atoms with Gasteiger partial charge in [-0.2, -0.15) is 0 Å². The van der Waals surface area contributed by atoms with Crippen molar-refractivity contribution in [1.82, 2.24) is 0 Å². The third-order valence-corrected chi connectivity index (χ3v) is 1.62. The molecule has 0 fully saturated rings. The number of carbonyl (C=O) groups excluding carboxylic acids is 1. The van der Waals surface area contributed by atoms with E-state index in [1.54, 1.807) is 6.92 Å². The molecule has 0 saturated carbocycles. The third-order valence-electron chi connectivity index (χ3n) is 1.62. The maximum Gasteiger partial charge on any atom is 0.330 e. The normalized spacial score (nSPS) is 12.5. The molecule has 0 heterocycles. The molecule has 0 unspecified atom stereocenters. The predicted molar refractivity (Wildman–Crippen MR) is 59.0 cm³/mol. The van der Waals surface area contributed by atoms with E-state index in [4.69, 9.17) is 4.74 Å². The number of hydrogen-bond acceptors (Lipinski definition) is 2. The average Bonchev–Trinajstić information content (AvgIpc) is 2.03. The maximum atomic E-state index is 11.0. The summed E-state index contributed by atoms with van der Waals surface area (Å²) in [5.41, 5.74) is 0.934. The van der Waals surface area contributed by atoms with E-state index in [-0.39, 0.29) is 5.97 Å². The Morgan fingerprint density at radius 3 is 2.57 bits per heavy atom. The van der Waals surface area contributed by atoms with Gasteiger partial charge in [-0.15, -0.1) is 0 Å². The van der Waals surface area contributed by atoms with Gasteiger partial charge in [0.1, 0.15) is 0 Å². The fourth-order valence-corrected chi connectivity index (χ4v) is 0.944. The molecule has 0 amide bonds. The lowest BCUT2D eigenvalue weighted by Gasteiger charge is -1.98. The van der Waals surface area contributed by atoms with Crippen molar-refractivity contribution in [3.05, 3.63) is 23.8 Å². The first-order valence-electron chi connectivity index (χ1n) is 5.07. The van der Waals surface area contributed by atoms with Crippen molar-refractivity contribution in [3.63, 3.8) is 0 Å². The quantitative estimate of drug-likeness (QED) is 0.383. The average molecular weight is 196 g/mol. The van der Waals surface area contributed by atoms with E-state index in [0.29, 0.717) is 12.5 Å². The molecular weight excluding hydrogens is 176 g/mol. The zero-order chi connectivity index (χ0) is 11.0. The van der Waals surface area contributed by atoms with Crippen LogP contribution in [0.25, 0.3) is 0 Å². The lowest BCUT2D eigenvalue weighted by atomic mass is 10.1. The smallest absolute Gasteiger partial charge is 0.330 e. The predicted octanol–water partition coefficient (Wildman–Crippen LogP) is 3.10. The minimum Gasteiger partial charge on any atom is -0.463 e. The van der Waals surface area contributed by atoms with Crippen molar-refractivity contribution in [2.24, 2.45) is 5.92 Å². The highest BCUT2D eigenvalue weighted by atomic mass is 16.5. The molecule has 0 saturated heterocycles. The summed E-state index contributed by atoms with van der Waals surface area (Å²) >= 11 is 0. The second-order valence-electron chi connectivity index (χ2n) is 3.67. The highest BCUT2D eigenvalue weighted by Gasteiger charge is 1.95. The fraction of sp³-hybridized carbons (Fsp3) is 0.583. The molecule has 0 aliphatic heterocycles. The molecule has 80 valence electrons. The van der Waals surface area contributed by atoms with Crippen molar-refractivity contribution >= 4 is 5.97 Å². The summed E-state index contributed by atoms with van der Waals surface area (Å²) in [5.74, 6) is 0.390. The lowest BCUT2D eigenvalue weighted by molar-refractivity contribution is -0.137. The van der Waals surface area contributed by atoms with Gasteiger partial charge in [0, 0.05) is 6.08 Å². The van der Waals surface area contributed by atoms with Gasteiger partial charge in [0.15, 0.2) is 0 Å².